The van der Waals surface area contributed by atoms with Gasteiger partial charge in [0.15, 0.2) is 18.8 Å². The minimum absolute atomic E-state index is 0.385. The van der Waals surface area contributed by atoms with Crippen molar-refractivity contribution in [2.75, 3.05) is 4.90 Å². The Labute approximate surface area is 215 Å². The molecule has 1 radical (unpaired) electrons. The van der Waals surface area contributed by atoms with Crippen molar-refractivity contribution in [2.45, 2.75) is 0 Å². The molecule has 0 aromatic heterocycles. The SMILES string of the molecule is N#Cc1cccc(-c2cccc3c2[B]c2c-3cccc2N2c3ccccc3Oc3ccccc32)c1C#N. The van der Waals surface area contributed by atoms with Crippen LogP contribution in [0.3, 0.4) is 0 Å². The Balaban J connectivity index is 1.43. The third kappa shape index (κ3) is 3.08. The second kappa shape index (κ2) is 8.16. The Bertz CT molecular complexity index is 1780. The Morgan fingerprint density at radius 3 is 1.76 bits per heavy atom. The van der Waals surface area contributed by atoms with Crippen LogP contribution in [0.15, 0.2) is 103 Å². The quantitative estimate of drug-likeness (QED) is 0.278. The van der Waals surface area contributed by atoms with Gasteiger partial charge in [-0.25, -0.2) is 0 Å². The van der Waals surface area contributed by atoms with Crippen molar-refractivity contribution in [2.24, 2.45) is 0 Å². The molecule has 4 nitrogen and oxygen atoms in total. The van der Waals surface area contributed by atoms with Gasteiger partial charge in [-0.15, -0.1) is 0 Å². The van der Waals surface area contributed by atoms with Crippen LogP contribution in [0.1, 0.15) is 11.1 Å². The normalized spacial score (nSPS) is 12.1. The van der Waals surface area contributed by atoms with E-state index in [4.69, 9.17) is 4.74 Å². The number of ether oxygens (including phenoxy) is 1. The molecule has 5 aromatic rings. The maximum Gasteiger partial charge on any atom is 0.196 e. The molecule has 0 unspecified atom stereocenters. The number of rotatable bonds is 2. The van der Waals surface area contributed by atoms with E-state index in [1.807, 2.05) is 60.7 Å². The first kappa shape index (κ1) is 21.1. The van der Waals surface area contributed by atoms with E-state index in [1.165, 1.54) is 0 Å². The van der Waals surface area contributed by atoms with Gasteiger partial charge in [0, 0.05) is 11.3 Å². The molecular weight excluding hydrogens is 453 g/mol. The first-order valence-electron chi connectivity index (χ1n) is 12.0. The Morgan fingerprint density at radius 1 is 0.541 bits per heavy atom. The molecule has 0 spiro atoms. The van der Waals surface area contributed by atoms with Crippen molar-refractivity contribution >= 4 is 35.3 Å². The average Bonchev–Trinajstić information content (AvgIpc) is 3.35. The Hall–Kier alpha value is -5.26. The average molecular weight is 470 g/mol. The first-order valence-corrected chi connectivity index (χ1v) is 12.0. The highest BCUT2D eigenvalue weighted by atomic mass is 16.5. The van der Waals surface area contributed by atoms with Crippen molar-refractivity contribution < 1.29 is 4.74 Å². The van der Waals surface area contributed by atoms with Crippen molar-refractivity contribution in [3.05, 3.63) is 114 Å². The molecule has 0 aliphatic carbocycles. The minimum atomic E-state index is 0.385. The highest BCUT2D eigenvalue weighted by Crippen LogP contribution is 2.50. The fraction of sp³-hybridized carbons (Fsp3) is 0. The zero-order chi connectivity index (χ0) is 24.9. The minimum Gasteiger partial charge on any atom is -0.453 e. The molecule has 169 valence electrons. The third-order valence-corrected chi connectivity index (χ3v) is 7.03. The predicted molar refractivity (Wildman–Crippen MR) is 147 cm³/mol. The molecular formula is C32H17BN3O. The lowest BCUT2D eigenvalue weighted by atomic mass is 9.64. The molecule has 2 aliphatic rings. The van der Waals surface area contributed by atoms with Crippen LogP contribution in [0.5, 0.6) is 11.5 Å². The van der Waals surface area contributed by atoms with E-state index in [1.54, 1.807) is 6.07 Å². The van der Waals surface area contributed by atoms with Crippen molar-refractivity contribution in [1.82, 2.24) is 0 Å². The molecule has 7 rings (SSSR count). The summed E-state index contributed by atoms with van der Waals surface area (Å²) in [5.41, 5.74) is 9.89. The van der Waals surface area contributed by atoms with E-state index in [9.17, 15) is 10.5 Å². The van der Waals surface area contributed by atoms with E-state index in [2.05, 4.69) is 60.7 Å². The molecule has 0 amide bonds. The maximum absolute atomic E-state index is 9.88. The number of nitrogens with zero attached hydrogens (tertiary/aromatic N) is 3. The van der Waals surface area contributed by atoms with Gasteiger partial charge in [-0.1, -0.05) is 77.7 Å². The van der Waals surface area contributed by atoms with E-state index in [-0.39, 0.29) is 0 Å². The predicted octanol–water partition coefficient (Wildman–Crippen LogP) is 6.31. The maximum atomic E-state index is 9.88. The van der Waals surface area contributed by atoms with Crippen LogP contribution < -0.4 is 20.6 Å². The monoisotopic (exact) mass is 470 g/mol. The number of fused-ring (bicyclic) bond motifs is 5. The molecule has 0 fully saturated rings. The third-order valence-electron chi connectivity index (χ3n) is 7.03. The summed E-state index contributed by atoms with van der Waals surface area (Å²) in [6.45, 7) is 0. The number of hydrogen-bond acceptors (Lipinski definition) is 4. The van der Waals surface area contributed by atoms with Crippen LogP contribution in [-0.4, -0.2) is 7.28 Å². The van der Waals surface area contributed by atoms with Crippen LogP contribution in [0.4, 0.5) is 17.1 Å². The Kier molecular flexibility index (Phi) is 4.64. The fourth-order valence-corrected chi connectivity index (χ4v) is 5.42. The van der Waals surface area contributed by atoms with Gasteiger partial charge in [-0.2, -0.15) is 10.5 Å². The zero-order valence-electron chi connectivity index (χ0n) is 19.6. The van der Waals surface area contributed by atoms with Gasteiger partial charge in [0.1, 0.15) is 12.1 Å². The lowest BCUT2D eigenvalue weighted by Crippen LogP contribution is -2.29. The summed E-state index contributed by atoms with van der Waals surface area (Å²) >= 11 is 0. The molecule has 5 aromatic carbocycles. The largest absolute Gasteiger partial charge is 0.453 e. The van der Waals surface area contributed by atoms with Crippen LogP contribution >= 0.6 is 0 Å². The van der Waals surface area contributed by atoms with Crippen LogP contribution in [0.2, 0.25) is 0 Å². The molecule has 0 saturated carbocycles. The summed E-state index contributed by atoms with van der Waals surface area (Å²) in [7, 11) is 2.20. The number of hydrogen-bond donors (Lipinski definition) is 0. The van der Waals surface area contributed by atoms with Crippen LogP contribution in [-0.2, 0) is 0 Å². The van der Waals surface area contributed by atoms with E-state index in [0.717, 1.165) is 61.7 Å². The van der Waals surface area contributed by atoms with Crippen LogP contribution in [0.25, 0.3) is 22.3 Å². The van der Waals surface area contributed by atoms with Crippen molar-refractivity contribution in [3.8, 4) is 45.9 Å². The van der Waals surface area contributed by atoms with Gasteiger partial charge in [0.25, 0.3) is 0 Å². The summed E-state index contributed by atoms with van der Waals surface area (Å²) in [4.78, 5) is 2.26. The van der Waals surface area contributed by atoms with Crippen molar-refractivity contribution in [3.63, 3.8) is 0 Å². The highest BCUT2D eigenvalue weighted by Gasteiger charge is 2.31. The number of benzene rings is 5. The van der Waals surface area contributed by atoms with Crippen LogP contribution in [0, 0.1) is 22.7 Å². The van der Waals surface area contributed by atoms with Gasteiger partial charge in [-0.3, -0.25) is 0 Å². The number of nitriles is 2. The lowest BCUT2D eigenvalue weighted by Gasteiger charge is -2.34. The van der Waals surface area contributed by atoms with Crippen molar-refractivity contribution in [1.29, 1.82) is 10.5 Å². The molecule has 2 aliphatic heterocycles. The summed E-state index contributed by atoms with van der Waals surface area (Å²) in [5.74, 6) is 1.61. The fourth-order valence-electron chi connectivity index (χ4n) is 5.42. The molecule has 0 saturated heterocycles. The molecule has 37 heavy (non-hydrogen) atoms. The molecule has 0 N–H and O–H groups in total. The van der Waals surface area contributed by atoms with Gasteiger partial charge < -0.3 is 9.64 Å². The second-order valence-electron chi connectivity index (χ2n) is 8.97. The lowest BCUT2D eigenvalue weighted by molar-refractivity contribution is 0.477. The second-order valence-corrected chi connectivity index (χ2v) is 8.97. The molecule has 5 heteroatoms. The van der Waals surface area contributed by atoms with E-state index in [0.29, 0.717) is 11.1 Å². The molecule has 0 bridgehead atoms. The van der Waals surface area contributed by atoms with E-state index >= 15 is 0 Å². The number of anilines is 3. The van der Waals surface area contributed by atoms with Gasteiger partial charge in [0.05, 0.1) is 22.5 Å². The van der Waals surface area contributed by atoms with Gasteiger partial charge in [-0.05, 0) is 53.1 Å². The van der Waals surface area contributed by atoms with Gasteiger partial charge >= 0.3 is 0 Å². The summed E-state index contributed by atoms with van der Waals surface area (Å²) in [5, 5.41) is 19.5. The standard InChI is InChI=1S/C32H17BN3O/c34-18-20-8-5-9-21(25(20)19-35)22-10-6-11-23-24-12-7-15-28(32(24)33-31(22)23)36-26-13-1-3-16-29(26)37-30-17-4-2-14-27(30)36/h1-17H. The smallest absolute Gasteiger partial charge is 0.196 e. The Morgan fingerprint density at radius 2 is 1.08 bits per heavy atom. The zero-order valence-corrected chi connectivity index (χ0v) is 19.6. The van der Waals surface area contributed by atoms with E-state index < -0.39 is 0 Å². The number of para-hydroxylation sites is 4. The first-order chi connectivity index (χ1) is 18.3. The van der Waals surface area contributed by atoms with Gasteiger partial charge in [0.2, 0.25) is 0 Å². The molecule has 0 atom stereocenters. The summed E-state index contributed by atoms with van der Waals surface area (Å²) in [6, 6.07) is 38.5. The topological polar surface area (TPSA) is 60.1 Å². The summed E-state index contributed by atoms with van der Waals surface area (Å²) < 4.78 is 6.23. The summed E-state index contributed by atoms with van der Waals surface area (Å²) in [6.07, 6.45) is 0. The highest BCUT2D eigenvalue weighted by molar-refractivity contribution is 6.76. The molecule has 2 heterocycles.